The van der Waals surface area contributed by atoms with Gasteiger partial charge in [-0.1, -0.05) is 5.16 Å². The second kappa shape index (κ2) is 7.79. The Balaban J connectivity index is 1.45. The zero-order valence-corrected chi connectivity index (χ0v) is 15.8. The average molecular weight is 374 g/mol. The van der Waals surface area contributed by atoms with E-state index < -0.39 is 0 Å². The lowest BCUT2D eigenvalue weighted by atomic mass is 10.1. The highest BCUT2D eigenvalue weighted by atomic mass is 16.5. The number of rotatable bonds is 6. The van der Waals surface area contributed by atoms with Crippen molar-refractivity contribution in [2.24, 2.45) is 0 Å². The van der Waals surface area contributed by atoms with E-state index in [0.29, 0.717) is 26.3 Å². The molecular weight excluding hydrogens is 348 g/mol. The fraction of sp³-hybridized carbons (Fsp3) is 0.611. The van der Waals surface area contributed by atoms with E-state index in [-0.39, 0.29) is 12.1 Å². The van der Waals surface area contributed by atoms with Gasteiger partial charge in [0.2, 0.25) is 0 Å². The molecule has 1 saturated heterocycles. The Morgan fingerprint density at radius 3 is 3.11 bits per heavy atom. The van der Waals surface area contributed by atoms with Crippen LogP contribution in [0.15, 0.2) is 16.9 Å². The van der Waals surface area contributed by atoms with Crippen LogP contribution in [-0.4, -0.2) is 71.1 Å². The molecule has 4 heterocycles. The van der Waals surface area contributed by atoms with E-state index in [1.165, 1.54) is 0 Å². The topological polar surface area (TPSA) is 99.8 Å². The lowest BCUT2D eigenvalue weighted by Crippen LogP contribution is -2.38. The summed E-state index contributed by atoms with van der Waals surface area (Å²) in [6.07, 6.45) is 2.74. The largest absolute Gasteiger partial charge is 0.391 e. The van der Waals surface area contributed by atoms with E-state index in [1.807, 2.05) is 20.2 Å². The van der Waals surface area contributed by atoms with Gasteiger partial charge in [-0.2, -0.15) is 0 Å². The number of aliphatic hydroxyl groups excluding tert-OH is 1. The van der Waals surface area contributed by atoms with Crippen molar-refractivity contribution in [1.82, 2.24) is 20.0 Å². The molecule has 2 atom stereocenters. The smallest absolute Gasteiger partial charge is 0.144 e. The SMILES string of the molecule is CN(C)C[C@H]1C[C@@H](O)CN1c1cc(NCc2noc3c2COCC3)ncn1. The number of likely N-dealkylation sites (N-methyl/N-ethyl adjacent to an activating group) is 1. The van der Waals surface area contributed by atoms with Crippen LogP contribution in [-0.2, 0) is 24.3 Å². The standard InChI is InChI=1S/C18H26N6O3/c1-23(2)8-12-5-13(25)9-24(12)18-6-17(20-11-21-18)19-7-15-14-10-26-4-3-16(14)27-22-15/h6,11-13,25H,3-5,7-10H2,1-2H3,(H,19,20,21)/t12-,13-/m1/s1. The van der Waals surface area contributed by atoms with Gasteiger partial charge in [-0.25, -0.2) is 9.97 Å². The molecule has 2 aromatic heterocycles. The van der Waals surface area contributed by atoms with Crippen LogP contribution < -0.4 is 10.2 Å². The third kappa shape index (κ3) is 4.05. The summed E-state index contributed by atoms with van der Waals surface area (Å²) in [5.74, 6) is 2.46. The Morgan fingerprint density at radius 2 is 2.26 bits per heavy atom. The summed E-state index contributed by atoms with van der Waals surface area (Å²) in [5.41, 5.74) is 1.89. The first-order chi connectivity index (χ1) is 13.1. The van der Waals surface area contributed by atoms with Crippen LogP contribution in [0.3, 0.4) is 0 Å². The van der Waals surface area contributed by atoms with Gasteiger partial charge in [-0.05, 0) is 20.5 Å². The monoisotopic (exact) mass is 374 g/mol. The molecule has 9 heteroatoms. The average Bonchev–Trinajstić information content (AvgIpc) is 3.23. The molecule has 0 bridgehead atoms. The summed E-state index contributed by atoms with van der Waals surface area (Å²) < 4.78 is 10.9. The highest BCUT2D eigenvalue weighted by molar-refractivity contribution is 5.50. The molecule has 0 aromatic carbocycles. The molecule has 27 heavy (non-hydrogen) atoms. The highest BCUT2D eigenvalue weighted by Crippen LogP contribution is 2.26. The fourth-order valence-corrected chi connectivity index (χ4v) is 3.76. The summed E-state index contributed by atoms with van der Waals surface area (Å²) in [7, 11) is 4.08. The van der Waals surface area contributed by atoms with Gasteiger partial charge in [0.05, 0.1) is 25.9 Å². The van der Waals surface area contributed by atoms with Crippen LogP contribution in [0.5, 0.6) is 0 Å². The molecule has 0 unspecified atom stereocenters. The van der Waals surface area contributed by atoms with Crippen molar-refractivity contribution in [3.63, 3.8) is 0 Å². The van der Waals surface area contributed by atoms with Crippen molar-refractivity contribution in [3.8, 4) is 0 Å². The van der Waals surface area contributed by atoms with Gasteiger partial charge in [-0.15, -0.1) is 0 Å². The fourth-order valence-electron chi connectivity index (χ4n) is 3.76. The molecule has 0 saturated carbocycles. The second-order valence-corrected chi connectivity index (χ2v) is 7.41. The van der Waals surface area contributed by atoms with Gasteiger partial charge in [-0.3, -0.25) is 0 Å². The Bertz CT molecular complexity index is 780. The van der Waals surface area contributed by atoms with E-state index >= 15 is 0 Å². The van der Waals surface area contributed by atoms with Crippen molar-refractivity contribution in [3.05, 3.63) is 29.4 Å². The third-order valence-corrected chi connectivity index (χ3v) is 5.02. The molecule has 9 nitrogen and oxygen atoms in total. The normalized spacial score (nSPS) is 22.3. The summed E-state index contributed by atoms with van der Waals surface area (Å²) in [6, 6.07) is 2.15. The first kappa shape index (κ1) is 18.1. The van der Waals surface area contributed by atoms with Gasteiger partial charge in [0.1, 0.15) is 29.4 Å². The molecule has 0 aliphatic carbocycles. The van der Waals surface area contributed by atoms with Crippen LogP contribution in [0.2, 0.25) is 0 Å². The predicted octanol–water partition coefficient (Wildman–Crippen LogP) is 0.651. The van der Waals surface area contributed by atoms with Gasteiger partial charge in [0.15, 0.2) is 0 Å². The van der Waals surface area contributed by atoms with Crippen LogP contribution in [0.4, 0.5) is 11.6 Å². The molecule has 2 aromatic rings. The maximum absolute atomic E-state index is 10.1. The minimum absolute atomic E-state index is 0.234. The predicted molar refractivity (Wildman–Crippen MR) is 99.5 cm³/mol. The van der Waals surface area contributed by atoms with Gasteiger partial charge in [0, 0.05) is 37.2 Å². The Morgan fingerprint density at radius 1 is 1.37 bits per heavy atom. The summed E-state index contributed by atoms with van der Waals surface area (Å²) in [6.45, 7) is 3.20. The third-order valence-electron chi connectivity index (χ3n) is 5.02. The number of aromatic nitrogens is 3. The van der Waals surface area contributed by atoms with Crippen molar-refractivity contribution in [1.29, 1.82) is 0 Å². The quantitative estimate of drug-likeness (QED) is 0.755. The Hall–Kier alpha value is -2.23. The number of nitrogens with zero attached hydrogens (tertiary/aromatic N) is 5. The highest BCUT2D eigenvalue weighted by Gasteiger charge is 2.32. The van der Waals surface area contributed by atoms with Crippen LogP contribution >= 0.6 is 0 Å². The number of anilines is 2. The number of β-amino-alcohol motifs (C(OH)–C–C–N with tert-alkyl or cyclic N) is 1. The lowest BCUT2D eigenvalue weighted by Gasteiger charge is -2.27. The number of hydrogen-bond acceptors (Lipinski definition) is 9. The maximum Gasteiger partial charge on any atom is 0.144 e. The van der Waals surface area contributed by atoms with Gasteiger partial charge < -0.3 is 29.5 Å². The molecule has 0 amide bonds. The second-order valence-electron chi connectivity index (χ2n) is 7.41. The van der Waals surface area contributed by atoms with Crippen molar-refractivity contribution in [2.75, 3.05) is 44.0 Å². The van der Waals surface area contributed by atoms with Gasteiger partial charge >= 0.3 is 0 Å². The molecule has 2 N–H and O–H groups in total. The van der Waals surface area contributed by atoms with E-state index in [0.717, 1.165) is 48.0 Å². The number of fused-ring (bicyclic) bond motifs is 1. The van der Waals surface area contributed by atoms with E-state index in [9.17, 15) is 5.11 Å². The molecule has 146 valence electrons. The molecule has 2 aliphatic heterocycles. The van der Waals surface area contributed by atoms with Crippen molar-refractivity contribution >= 4 is 11.6 Å². The maximum atomic E-state index is 10.1. The Kier molecular flexibility index (Phi) is 5.24. The molecule has 2 aliphatic rings. The molecule has 0 spiro atoms. The Labute approximate surface area is 158 Å². The lowest BCUT2D eigenvalue weighted by molar-refractivity contribution is 0.102. The van der Waals surface area contributed by atoms with E-state index in [2.05, 4.69) is 30.2 Å². The molecule has 0 radical (unpaired) electrons. The van der Waals surface area contributed by atoms with Crippen LogP contribution in [0.1, 0.15) is 23.4 Å². The van der Waals surface area contributed by atoms with Crippen molar-refractivity contribution in [2.45, 2.75) is 38.1 Å². The molecule has 4 rings (SSSR count). The first-order valence-corrected chi connectivity index (χ1v) is 9.29. The zero-order chi connectivity index (χ0) is 18.8. The molecule has 1 fully saturated rings. The first-order valence-electron chi connectivity index (χ1n) is 9.29. The number of aliphatic hydroxyl groups is 1. The summed E-state index contributed by atoms with van der Waals surface area (Å²) >= 11 is 0. The minimum atomic E-state index is -0.331. The van der Waals surface area contributed by atoms with Crippen LogP contribution in [0.25, 0.3) is 0 Å². The van der Waals surface area contributed by atoms with E-state index in [4.69, 9.17) is 9.26 Å². The van der Waals surface area contributed by atoms with Crippen LogP contribution in [0, 0.1) is 0 Å². The number of ether oxygens (including phenoxy) is 1. The van der Waals surface area contributed by atoms with Crippen molar-refractivity contribution < 1.29 is 14.4 Å². The number of nitrogens with one attached hydrogen (secondary N) is 1. The van der Waals surface area contributed by atoms with E-state index in [1.54, 1.807) is 6.33 Å². The number of hydrogen-bond donors (Lipinski definition) is 2. The van der Waals surface area contributed by atoms with Gasteiger partial charge in [0.25, 0.3) is 0 Å². The summed E-state index contributed by atoms with van der Waals surface area (Å²) in [5, 5.41) is 17.6. The summed E-state index contributed by atoms with van der Waals surface area (Å²) in [4.78, 5) is 13.0. The minimum Gasteiger partial charge on any atom is -0.391 e. The zero-order valence-electron chi connectivity index (χ0n) is 15.8. The molecular formula is C18H26N6O3.